The third kappa shape index (κ3) is 2.61. The van der Waals surface area contributed by atoms with Gasteiger partial charge in [-0.25, -0.2) is 0 Å². The van der Waals surface area contributed by atoms with Crippen molar-refractivity contribution >= 4 is 0 Å². The molecule has 1 aliphatic rings. The maximum atomic E-state index is 5.96. The maximum absolute atomic E-state index is 5.96. The molecule has 0 spiro atoms. The lowest BCUT2D eigenvalue weighted by Crippen LogP contribution is -2.35. The van der Waals surface area contributed by atoms with Gasteiger partial charge in [0.2, 0.25) is 0 Å². The SMILES string of the molecule is COc1cccc(C(CN)N2CCCC2C)c1. The van der Waals surface area contributed by atoms with Crippen LogP contribution in [0.2, 0.25) is 0 Å². The lowest BCUT2D eigenvalue weighted by atomic mass is 10.0. The van der Waals surface area contributed by atoms with E-state index in [1.807, 2.05) is 12.1 Å². The van der Waals surface area contributed by atoms with E-state index in [0.717, 1.165) is 12.3 Å². The van der Waals surface area contributed by atoms with E-state index in [9.17, 15) is 0 Å². The van der Waals surface area contributed by atoms with Crippen molar-refractivity contribution in [2.75, 3.05) is 20.2 Å². The van der Waals surface area contributed by atoms with Crippen LogP contribution < -0.4 is 10.5 Å². The monoisotopic (exact) mass is 234 g/mol. The quantitative estimate of drug-likeness (QED) is 0.868. The molecule has 1 aromatic rings. The van der Waals surface area contributed by atoms with Crippen LogP contribution in [0.1, 0.15) is 31.4 Å². The zero-order valence-corrected chi connectivity index (χ0v) is 10.7. The van der Waals surface area contributed by atoms with Gasteiger partial charge in [0.15, 0.2) is 0 Å². The molecule has 0 radical (unpaired) electrons. The Balaban J connectivity index is 2.21. The molecule has 2 N–H and O–H groups in total. The highest BCUT2D eigenvalue weighted by Gasteiger charge is 2.27. The minimum absolute atomic E-state index is 0.322. The fourth-order valence-corrected chi connectivity index (χ4v) is 2.73. The van der Waals surface area contributed by atoms with Gasteiger partial charge in [-0.3, -0.25) is 4.90 Å². The van der Waals surface area contributed by atoms with Crippen LogP contribution in [0, 0.1) is 0 Å². The number of benzene rings is 1. The molecular formula is C14H22N2O. The van der Waals surface area contributed by atoms with Crippen molar-refractivity contribution in [3.63, 3.8) is 0 Å². The van der Waals surface area contributed by atoms with Crippen molar-refractivity contribution in [3.8, 4) is 5.75 Å². The first-order chi connectivity index (χ1) is 8.26. The molecule has 1 heterocycles. The second-order valence-electron chi connectivity index (χ2n) is 4.76. The molecule has 94 valence electrons. The van der Waals surface area contributed by atoms with Gasteiger partial charge in [-0.1, -0.05) is 12.1 Å². The Hall–Kier alpha value is -1.06. The second-order valence-corrected chi connectivity index (χ2v) is 4.76. The minimum atomic E-state index is 0.322. The summed E-state index contributed by atoms with van der Waals surface area (Å²) < 4.78 is 5.28. The highest BCUT2D eigenvalue weighted by Crippen LogP contribution is 2.30. The van der Waals surface area contributed by atoms with Gasteiger partial charge in [0, 0.05) is 18.6 Å². The van der Waals surface area contributed by atoms with Crippen LogP contribution in [0.3, 0.4) is 0 Å². The van der Waals surface area contributed by atoms with Crippen LogP contribution in [-0.2, 0) is 0 Å². The summed E-state index contributed by atoms with van der Waals surface area (Å²) in [5.41, 5.74) is 7.22. The number of methoxy groups -OCH3 is 1. The van der Waals surface area contributed by atoms with Crippen molar-refractivity contribution in [1.82, 2.24) is 4.90 Å². The Morgan fingerprint density at radius 2 is 2.35 bits per heavy atom. The van der Waals surface area contributed by atoms with E-state index in [1.54, 1.807) is 7.11 Å². The van der Waals surface area contributed by atoms with Gasteiger partial charge in [-0.15, -0.1) is 0 Å². The maximum Gasteiger partial charge on any atom is 0.119 e. The number of hydrogen-bond acceptors (Lipinski definition) is 3. The van der Waals surface area contributed by atoms with E-state index in [1.165, 1.54) is 18.4 Å². The lowest BCUT2D eigenvalue weighted by Gasteiger charge is -2.31. The first kappa shape index (κ1) is 12.4. The molecule has 2 unspecified atom stereocenters. The van der Waals surface area contributed by atoms with Crippen LogP contribution in [-0.4, -0.2) is 31.1 Å². The van der Waals surface area contributed by atoms with Gasteiger partial charge in [-0.2, -0.15) is 0 Å². The van der Waals surface area contributed by atoms with Gasteiger partial charge in [0.05, 0.1) is 7.11 Å². The van der Waals surface area contributed by atoms with Crippen molar-refractivity contribution in [2.45, 2.75) is 31.8 Å². The molecule has 0 bridgehead atoms. The number of likely N-dealkylation sites (tertiary alicyclic amines) is 1. The van der Waals surface area contributed by atoms with Gasteiger partial charge >= 0.3 is 0 Å². The molecule has 2 rings (SSSR count). The summed E-state index contributed by atoms with van der Waals surface area (Å²) in [6, 6.07) is 9.22. The first-order valence-electron chi connectivity index (χ1n) is 6.36. The fourth-order valence-electron chi connectivity index (χ4n) is 2.73. The number of hydrogen-bond donors (Lipinski definition) is 1. The molecule has 0 amide bonds. The second kappa shape index (κ2) is 5.52. The zero-order chi connectivity index (χ0) is 12.3. The van der Waals surface area contributed by atoms with Crippen molar-refractivity contribution < 1.29 is 4.74 Å². The average Bonchev–Trinajstić information content (AvgIpc) is 2.77. The highest BCUT2D eigenvalue weighted by molar-refractivity contribution is 5.31. The topological polar surface area (TPSA) is 38.5 Å². The zero-order valence-electron chi connectivity index (χ0n) is 10.7. The molecule has 1 fully saturated rings. The van der Waals surface area contributed by atoms with Gasteiger partial charge < -0.3 is 10.5 Å². The summed E-state index contributed by atoms with van der Waals surface area (Å²) >= 11 is 0. The van der Waals surface area contributed by atoms with Crippen molar-refractivity contribution in [3.05, 3.63) is 29.8 Å². The molecule has 1 aromatic carbocycles. The predicted octanol–water partition coefficient (Wildman–Crippen LogP) is 2.18. The van der Waals surface area contributed by atoms with E-state index in [2.05, 4.69) is 24.0 Å². The summed E-state index contributed by atoms with van der Waals surface area (Å²) in [6.45, 7) is 4.10. The number of nitrogens with zero attached hydrogens (tertiary/aromatic N) is 1. The third-order valence-electron chi connectivity index (χ3n) is 3.71. The van der Waals surface area contributed by atoms with E-state index >= 15 is 0 Å². The van der Waals surface area contributed by atoms with E-state index in [-0.39, 0.29) is 0 Å². The molecule has 3 heteroatoms. The van der Waals surface area contributed by atoms with Crippen LogP contribution in [0.5, 0.6) is 5.75 Å². The highest BCUT2D eigenvalue weighted by atomic mass is 16.5. The number of nitrogens with two attached hydrogens (primary N) is 1. The largest absolute Gasteiger partial charge is 0.497 e. The number of ether oxygens (including phenoxy) is 1. The molecular weight excluding hydrogens is 212 g/mol. The Morgan fingerprint density at radius 3 is 2.94 bits per heavy atom. The summed E-state index contributed by atoms with van der Waals surface area (Å²) in [6.07, 6.45) is 2.56. The van der Waals surface area contributed by atoms with Crippen LogP contribution in [0.25, 0.3) is 0 Å². The molecule has 1 saturated heterocycles. The van der Waals surface area contributed by atoms with Crippen LogP contribution in [0.15, 0.2) is 24.3 Å². The third-order valence-corrected chi connectivity index (χ3v) is 3.71. The summed E-state index contributed by atoms with van der Waals surface area (Å²) in [4.78, 5) is 2.51. The molecule has 0 saturated carbocycles. The van der Waals surface area contributed by atoms with Gasteiger partial charge in [-0.05, 0) is 44.0 Å². The van der Waals surface area contributed by atoms with Gasteiger partial charge in [0.1, 0.15) is 5.75 Å². The van der Waals surface area contributed by atoms with Crippen LogP contribution in [0.4, 0.5) is 0 Å². The Labute approximate surface area is 104 Å². The molecule has 1 aliphatic heterocycles. The summed E-state index contributed by atoms with van der Waals surface area (Å²) in [5.74, 6) is 0.910. The molecule has 3 nitrogen and oxygen atoms in total. The molecule has 17 heavy (non-hydrogen) atoms. The van der Waals surface area contributed by atoms with Crippen molar-refractivity contribution in [1.29, 1.82) is 0 Å². The standard InChI is InChI=1S/C14H22N2O/c1-11-5-4-8-16(11)14(10-15)12-6-3-7-13(9-12)17-2/h3,6-7,9,11,14H,4-5,8,10,15H2,1-2H3. The first-order valence-corrected chi connectivity index (χ1v) is 6.36. The Morgan fingerprint density at radius 1 is 1.53 bits per heavy atom. The minimum Gasteiger partial charge on any atom is -0.497 e. The summed E-state index contributed by atoms with van der Waals surface area (Å²) in [7, 11) is 1.70. The van der Waals surface area contributed by atoms with Gasteiger partial charge in [0.25, 0.3) is 0 Å². The smallest absolute Gasteiger partial charge is 0.119 e. The summed E-state index contributed by atoms with van der Waals surface area (Å²) in [5, 5.41) is 0. The van der Waals surface area contributed by atoms with E-state index in [0.29, 0.717) is 18.6 Å². The Bertz CT molecular complexity index is 367. The fraction of sp³-hybridized carbons (Fsp3) is 0.571. The molecule has 0 aliphatic carbocycles. The molecule has 0 aromatic heterocycles. The molecule has 2 atom stereocenters. The van der Waals surface area contributed by atoms with Crippen LogP contribution >= 0.6 is 0 Å². The lowest BCUT2D eigenvalue weighted by molar-refractivity contribution is 0.195. The van der Waals surface area contributed by atoms with E-state index in [4.69, 9.17) is 10.5 Å². The number of rotatable bonds is 4. The normalized spacial score (nSPS) is 22.6. The predicted molar refractivity (Wildman–Crippen MR) is 70.2 cm³/mol. The Kier molecular flexibility index (Phi) is 4.02. The van der Waals surface area contributed by atoms with Crippen molar-refractivity contribution in [2.24, 2.45) is 5.73 Å². The van der Waals surface area contributed by atoms with E-state index < -0.39 is 0 Å². The average molecular weight is 234 g/mol.